The van der Waals surface area contributed by atoms with Crippen molar-refractivity contribution in [3.63, 3.8) is 0 Å². The number of carbonyl (C=O) groups excluding carboxylic acids is 1. The molecule has 4 nitrogen and oxygen atoms in total. The summed E-state index contributed by atoms with van der Waals surface area (Å²) in [5, 5.41) is 6.39. The van der Waals surface area contributed by atoms with Crippen LogP contribution in [0.15, 0.2) is 28.7 Å². The van der Waals surface area contributed by atoms with Crippen molar-refractivity contribution >= 4 is 46.0 Å². The van der Waals surface area contributed by atoms with Gasteiger partial charge in [0, 0.05) is 41.3 Å². The summed E-state index contributed by atoms with van der Waals surface area (Å²) in [7, 11) is 0. The largest absolute Gasteiger partial charge is 0.381 e. The Morgan fingerprint density at radius 3 is 2.87 bits per heavy atom. The quantitative estimate of drug-likeness (QED) is 0.785. The van der Waals surface area contributed by atoms with Gasteiger partial charge in [0.15, 0.2) is 0 Å². The number of benzene rings is 1. The van der Waals surface area contributed by atoms with Gasteiger partial charge in [-0.3, -0.25) is 10.1 Å². The first-order chi connectivity index (χ1) is 10.7. The summed E-state index contributed by atoms with van der Waals surface area (Å²) < 4.78 is 6.62. The third-order valence-corrected chi connectivity index (χ3v) is 5.95. The highest BCUT2D eigenvalue weighted by atomic mass is 79.9. The van der Waals surface area contributed by atoms with E-state index in [-0.39, 0.29) is 29.8 Å². The Bertz CT molecular complexity index is 535. The van der Waals surface area contributed by atoms with E-state index >= 15 is 0 Å². The number of ether oxygens (including phenoxy) is 1. The standard InChI is InChI=1S/C16H21BrN2O2S.ClH/c17-13-3-1-2-12(8-13)16(4-6-21-7-5-16)10-18-15(20)14-9-22-11-19-14;/h1-3,8,14,19H,4-7,9-11H2,(H,18,20);1H. The van der Waals surface area contributed by atoms with Gasteiger partial charge in [-0.15, -0.1) is 24.2 Å². The van der Waals surface area contributed by atoms with Crippen molar-refractivity contribution in [2.45, 2.75) is 24.3 Å². The molecule has 23 heavy (non-hydrogen) atoms. The topological polar surface area (TPSA) is 50.4 Å². The fraction of sp³-hybridized carbons (Fsp3) is 0.562. The second-order valence-corrected chi connectivity index (χ2v) is 7.84. The lowest BCUT2D eigenvalue weighted by molar-refractivity contribution is -0.122. The molecule has 2 fully saturated rings. The molecule has 2 aliphatic rings. The zero-order chi connectivity index (χ0) is 15.4. The smallest absolute Gasteiger partial charge is 0.238 e. The Morgan fingerprint density at radius 1 is 1.43 bits per heavy atom. The third kappa shape index (κ3) is 4.63. The number of rotatable bonds is 4. The van der Waals surface area contributed by atoms with Gasteiger partial charge in [0.1, 0.15) is 0 Å². The molecule has 2 N–H and O–H groups in total. The minimum Gasteiger partial charge on any atom is -0.381 e. The van der Waals surface area contributed by atoms with E-state index < -0.39 is 0 Å². The zero-order valence-corrected chi connectivity index (χ0v) is 16.1. The predicted molar refractivity (Wildman–Crippen MR) is 100 cm³/mol. The van der Waals surface area contributed by atoms with Crippen LogP contribution in [-0.4, -0.2) is 43.3 Å². The fourth-order valence-corrected chi connectivity index (χ4v) is 4.43. The highest BCUT2D eigenvalue weighted by Crippen LogP contribution is 2.35. The van der Waals surface area contributed by atoms with Gasteiger partial charge in [0.25, 0.3) is 0 Å². The Kier molecular flexibility index (Phi) is 7.22. The van der Waals surface area contributed by atoms with E-state index in [2.05, 4.69) is 44.8 Å². The van der Waals surface area contributed by atoms with Crippen LogP contribution in [0.3, 0.4) is 0 Å². The van der Waals surface area contributed by atoms with Crippen molar-refractivity contribution in [2.24, 2.45) is 0 Å². The van der Waals surface area contributed by atoms with E-state index in [0.29, 0.717) is 6.54 Å². The van der Waals surface area contributed by atoms with E-state index in [1.807, 2.05) is 6.07 Å². The van der Waals surface area contributed by atoms with Crippen LogP contribution >= 0.6 is 40.1 Å². The first-order valence-electron chi connectivity index (χ1n) is 7.62. The summed E-state index contributed by atoms with van der Waals surface area (Å²) in [6.07, 6.45) is 1.88. The van der Waals surface area contributed by atoms with Crippen molar-refractivity contribution in [3.05, 3.63) is 34.3 Å². The van der Waals surface area contributed by atoms with Gasteiger partial charge in [-0.25, -0.2) is 0 Å². The van der Waals surface area contributed by atoms with Crippen molar-refractivity contribution < 1.29 is 9.53 Å². The molecule has 1 unspecified atom stereocenters. The van der Waals surface area contributed by atoms with Crippen LogP contribution in [0.5, 0.6) is 0 Å². The highest BCUT2D eigenvalue weighted by Gasteiger charge is 2.35. The second kappa shape index (κ2) is 8.72. The van der Waals surface area contributed by atoms with Crippen molar-refractivity contribution in [3.8, 4) is 0 Å². The lowest BCUT2D eigenvalue weighted by atomic mass is 9.74. The van der Waals surface area contributed by atoms with Crippen molar-refractivity contribution in [1.29, 1.82) is 0 Å². The summed E-state index contributed by atoms with van der Waals surface area (Å²) in [6, 6.07) is 8.37. The van der Waals surface area contributed by atoms with Crippen LogP contribution in [-0.2, 0) is 14.9 Å². The van der Waals surface area contributed by atoms with Crippen LogP contribution in [0, 0.1) is 0 Å². The molecule has 0 saturated carbocycles. The number of thioether (sulfide) groups is 1. The van der Waals surface area contributed by atoms with Gasteiger partial charge in [-0.1, -0.05) is 28.1 Å². The molecule has 0 spiro atoms. The molecule has 2 heterocycles. The molecule has 2 aliphatic heterocycles. The van der Waals surface area contributed by atoms with Crippen LogP contribution in [0.2, 0.25) is 0 Å². The molecule has 1 aromatic rings. The maximum atomic E-state index is 12.3. The number of carbonyl (C=O) groups is 1. The minimum absolute atomic E-state index is 0. The van der Waals surface area contributed by atoms with E-state index in [9.17, 15) is 4.79 Å². The van der Waals surface area contributed by atoms with Gasteiger partial charge in [-0.2, -0.15) is 0 Å². The van der Waals surface area contributed by atoms with E-state index in [4.69, 9.17) is 4.74 Å². The van der Waals surface area contributed by atoms with Gasteiger partial charge < -0.3 is 10.1 Å². The van der Waals surface area contributed by atoms with Crippen LogP contribution in [0.4, 0.5) is 0 Å². The van der Waals surface area contributed by atoms with Gasteiger partial charge in [-0.05, 0) is 30.5 Å². The van der Waals surface area contributed by atoms with Crippen LogP contribution in [0.25, 0.3) is 0 Å². The Labute approximate surface area is 156 Å². The zero-order valence-electron chi connectivity index (χ0n) is 12.8. The van der Waals surface area contributed by atoms with E-state index in [1.165, 1.54) is 5.56 Å². The monoisotopic (exact) mass is 420 g/mol. The number of amides is 1. The maximum absolute atomic E-state index is 12.3. The molecule has 1 amide bonds. The molecular weight excluding hydrogens is 400 g/mol. The molecule has 0 bridgehead atoms. The average Bonchev–Trinajstić information content (AvgIpc) is 3.08. The van der Waals surface area contributed by atoms with Gasteiger partial charge in [0.2, 0.25) is 5.91 Å². The third-order valence-electron chi connectivity index (χ3n) is 4.52. The number of halogens is 2. The maximum Gasteiger partial charge on any atom is 0.238 e. The number of nitrogens with one attached hydrogen (secondary N) is 2. The first-order valence-corrected chi connectivity index (χ1v) is 9.57. The Hall–Kier alpha value is -0.270. The molecule has 7 heteroatoms. The van der Waals surface area contributed by atoms with E-state index in [1.54, 1.807) is 11.8 Å². The molecule has 1 atom stereocenters. The summed E-state index contributed by atoms with van der Waals surface area (Å²) in [5.41, 5.74) is 1.25. The molecule has 2 saturated heterocycles. The van der Waals surface area contributed by atoms with Crippen molar-refractivity contribution in [2.75, 3.05) is 31.4 Å². The predicted octanol–water partition coefficient (Wildman–Crippen LogP) is 2.70. The molecular formula is C16H22BrClN2O2S. The molecule has 0 aromatic heterocycles. The summed E-state index contributed by atoms with van der Waals surface area (Å²) >= 11 is 5.33. The Morgan fingerprint density at radius 2 is 2.22 bits per heavy atom. The van der Waals surface area contributed by atoms with Gasteiger partial charge in [0.05, 0.1) is 6.04 Å². The molecule has 3 rings (SSSR count). The lowest BCUT2D eigenvalue weighted by Gasteiger charge is -2.38. The van der Waals surface area contributed by atoms with E-state index in [0.717, 1.165) is 42.2 Å². The number of hydrogen-bond donors (Lipinski definition) is 2. The minimum atomic E-state index is -0.0515. The first kappa shape index (κ1) is 19.1. The second-order valence-electron chi connectivity index (χ2n) is 5.89. The van der Waals surface area contributed by atoms with Crippen molar-refractivity contribution in [1.82, 2.24) is 10.6 Å². The average molecular weight is 422 g/mol. The van der Waals surface area contributed by atoms with Crippen LogP contribution < -0.4 is 10.6 Å². The highest BCUT2D eigenvalue weighted by molar-refractivity contribution is 9.10. The van der Waals surface area contributed by atoms with Crippen LogP contribution in [0.1, 0.15) is 18.4 Å². The SMILES string of the molecule is Cl.O=C(NCC1(c2cccc(Br)c2)CCOCC1)C1CSCN1. The summed E-state index contributed by atoms with van der Waals surface area (Å²) in [5.74, 6) is 1.84. The summed E-state index contributed by atoms with van der Waals surface area (Å²) in [6.45, 7) is 2.17. The number of hydrogen-bond acceptors (Lipinski definition) is 4. The molecule has 1 aromatic carbocycles. The molecule has 128 valence electrons. The lowest BCUT2D eigenvalue weighted by Crippen LogP contribution is -2.49. The molecule has 0 radical (unpaired) electrons. The van der Waals surface area contributed by atoms with Gasteiger partial charge >= 0.3 is 0 Å². The fourth-order valence-electron chi connectivity index (χ4n) is 3.09. The Balaban J connectivity index is 0.00000192. The summed E-state index contributed by atoms with van der Waals surface area (Å²) in [4.78, 5) is 12.3. The molecule has 0 aliphatic carbocycles. The normalized spacial score (nSPS) is 23.1.